The molecule has 1 atom stereocenters. The molecule has 40 heavy (non-hydrogen) atoms. The van der Waals surface area contributed by atoms with Gasteiger partial charge in [0.2, 0.25) is 5.95 Å². The molecule has 2 N–H and O–H groups in total. The fourth-order valence-corrected chi connectivity index (χ4v) is 4.76. The van der Waals surface area contributed by atoms with E-state index in [2.05, 4.69) is 65.8 Å². The molecule has 0 saturated carbocycles. The molecule has 1 amide bonds. The van der Waals surface area contributed by atoms with Gasteiger partial charge in [-0.25, -0.2) is 4.68 Å². The fraction of sp³-hybridized carbons (Fsp3) is 0.281. The summed E-state index contributed by atoms with van der Waals surface area (Å²) in [6, 6.07) is 21.4. The predicted molar refractivity (Wildman–Crippen MR) is 157 cm³/mol. The maximum Gasteiger partial charge on any atom is 0.255 e. The summed E-state index contributed by atoms with van der Waals surface area (Å²) in [6.07, 6.45) is 1.48. The molecule has 3 aromatic carbocycles. The number of carbonyl (C=O) groups excluding carboxylic acids is 1. The summed E-state index contributed by atoms with van der Waals surface area (Å²) in [4.78, 5) is 18.0. The molecule has 1 unspecified atom stereocenters. The van der Waals surface area contributed by atoms with Crippen molar-refractivity contribution < 1.29 is 14.3 Å². The number of benzene rings is 3. The molecule has 206 valence electrons. The van der Waals surface area contributed by atoms with Crippen LogP contribution in [0.3, 0.4) is 0 Å². The Labute approximate surface area is 235 Å². The van der Waals surface area contributed by atoms with E-state index in [1.807, 2.05) is 56.3 Å². The minimum atomic E-state index is -0.517. The van der Waals surface area contributed by atoms with Crippen LogP contribution in [0.4, 0.5) is 11.6 Å². The lowest BCUT2D eigenvalue weighted by Crippen LogP contribution is -2.31. The molecule has 0 spiro atoms. The highest BCUT2D eigenvalue weighted by Crippen LogP contribution is 2.39. The average molecular weight is 538 g/mol. The molecule has 0 radical (unpaired) electrons. The van der Waals surface area contributed by atoms with Gasteiger partial charge < -0.3 is 20.1 Å². The zero-order valence-electron chi connectivity index (χ0n) is 23.8. The first-order valence-electron chi connectivity index (χ1n) is 13.3. The van der Waals surface area contributed by atoms with E-state index in [9.17, 15) is 4.79 Å². The lowest BCUT2D eigenvalue weighted by molar-refractivity contribution is -0.113. The second kappa shape index (κ2) is 10.9. The van der Waals surface area contributed by atoms with Crippen LogP contribution in [0.2, 0.25) is 0 Å². The van der Waals surface area contributed by atoms with Crippen molar-refractivity contribution in [3.8, 4) is 11.5 Å². The average Bonchev–Trinajstić information content (AvgIpc) is 3.40. The minimum Gasteiger partial charge on any atom is -0.493 e. The number of nitrogens with one attached hydrogen (secondary N) is 2. The number of aromatic nitrogens is 3. The van der Waals surface area contributed by atoms with Gasteiger partial charge in [-0.3, -0.25) is 4.79 Å². The lowest BCUT2D eigenvalue weighted by Gasteiger charge is -2.29. The van der Waals surface area contributed by atoms with Crippen molar-refractivity contribution >= 4 is 17.5 Å². The van der Waals surface area contributed by atoms with Crippen LogP contribution in [0.5, 0.6) is 11.5 Å². The van der Waals surface area contributed by atoms with E-state index in [1.54, 1.807) is 11.8 Å². The van der Waals surface area contributed by atoms with Gasteiger partial charge in [0.15, 0.2) is 11.5 Å². The highest BCUT2D eigenvalue weighted by Gasteiger charge is 2.34. The van der Waals surface area contributed by atoms with E-state index in [0.717, 1.165) is 22.4 Å². The summed E-state index contributed by atoms with van der Waals surface area (Å²) in [7, 11) is 1.61. The summed E-state index contributed by atoms with van der Waals surface area (Å²) >= 11 is 0. The van der Waals surface area contributed by atoms with Crippen molar-refractivity contribution in [3.63, 3.8) is 0 Å². The number of hydrogen-bond donors (Lipinski definition) is 2. The van der Waals surface area contributed by atoms with Crippen molar-refractivity contribution in [1.29, 1.82) is 0 Å². The molecule has 0 saturated heterocycles. The van der Waals surface area contributed by atoms with Gasteiger partial charge in [0.25, 0.3) is 5.91 Å². The predicted octanol–water partition coefficient (Wildman–Crippen LogP) is 6.40. The molecule has 2 heterocycles. The second-order valence-corrected chi connectivity index (χ2v) is 11.1. The number of nitrogens with zero attached hydrogens (tertiary/aromatic N) is 3. The van der Waals surface area contributed by atoms with Gasteiger partial charge >= 0.3 is 0 Å². The maximum atomic E-state index is 13.6. The molecular weight excluding hydrogens is 502 g/mol. The van der Waals surface area contributed by atoms with Crippen molar-refractivity contribution in [2.45, 2.75) is 52.7 Å². The molecule has 4 aromatic rings. The molecule has 0 bridgehead atoms. The number of ether oxygens (including phenoxy) is 2. The van der Waals surface area contributed by atoms with Crippen LogP contribution in [0.1, 0.15) is 56.0 Å². The molecule has 1 aliphatic rings. The Morgan fingerprint density at radius 1 is 1.00 bits per heavy atom. The topological polar surface area (TPSA) is 90.3 Å². The molecular formula is C32H35N5O3. The third-order valence-corrected chi connectivity index (χ3v) is 7.07. The monoisotopic (exact) mass is 537 g/mol. The van der Waals surface area contributed by atoms with E-state index >= 15 is 0 Å². The van der Waals surface area contributed by atoms with Crippen molar-refractivity contribution in [3.05, 3.63) is 107 Å². The second-order valence-electron chi connectivity index (χ2n) is 11.1. The molecule has 5 rings (SSSR count). The van der Waals surface area contributed by atoms with E-state index in [4.69, 9.17) is 9.47 Å². The third-order valence-electron chi connectivity index (χ3n) is 7.07. The summed E-state index contributed by atoms with van der Waals surface area (Å²) in [5.74, 6) is 1.52. The van der Waals surface area contributed by atoms with Gasteiger partial charge in [-0.2, -0.15) is 10.1 Å². The van der Waals surface area contributed by atoms with Crippen molar-refractivity contribution in [1.82, 2.24) is 14.8 Å². The molecule has 0 fully saturated rings. The SMILES string of the molecule is COc1cc(C2C(C(=O)Nc3ccc(C)cc3)=C(C)Nc3ncnn32)ccc1OCc1ccc(C(C)(C)C)cc1. The Balaban J connectivity index is 1.42. The Hall–Kier alpha value is -4.59. The highest BCUT2D eigenvalue weighted by molar-refractivity contribution is 6.06. The van der Waals surface area contributed by atoms with E-state index < -0.39 is 6.04 Å². The molecule has 8 nitrogen and oxygen atoms in total. The van der Waals surface area contributed by atoms with Crippen LogP contribution >= 0.6 is 0 Å². The van der Waals surface area contributed by atoms with E-state index in [-0.39, 0.29) is 11.3 Å². The smallest absolute Gasteiger partial charge is 0.255 e. The number of fused-ring (bicyclic) bond motifs is 1. The standard InChI is InChI=1S/C32H35N5O3/c1-20-7-14-25(15-8-20)36-30(38)28-21(2)35-31-33-19-34-37(31)29(28)23-11-16-26(27(17-23)39-6)40-18-22-9-12-24(13-10-22)32(3,4)5/h7-17,19,29H,18H2,1-6H3,(H,36,38)(H,33,34,35). The number of methoxy groups -OCH3 is 1. The number of hydrogen-bond acceptors (Lipinski definition) is 6. The van der Waals surface area contributed by atoms with Crippen LogP contribution in [-0.2, 0) is 16.8 Å². The first kappa shape index (κ1) is 27.0. The van der Waals surface area contributed by atoms with Crippen molar-refractivity contribution in [2.75, 3.05) is 17.7 Å². The van der Waals surface area contributed by atoms with Crippen molar-refractivity contribution in [2.24, 2.45) is 0 Å². The van der Waals surface area contributed by atoms with Crippen LogP contribution in [0.15, 0.2) is 84.3 Å². The maximum absolute atomic E-state index is 13.6. The molecule has 1 aliphatic heterocycles. The first-order chi connectivity index (χ1) is 19.1. The fourth-order valence-electron chi connectivity index (χ4n) is 4.76. The first-order valence-corrected chi connectivity index (χ1v) is 13.3. The Bertz CT molecular complexity index is 1550. The summed E-state index contributed by atoms with van der Waals surface area (Å²) in [5, 5.41) is 10.7. The molecule has 0 aliphatic carbocycles. The van der Waals surface area contributed by atoms with E-state index in [1.165, 1.54) is 11.9 Å². The highest BCUT2D eigenvalue weighted by atomic mass is 16.5. The minimum absolute atomic E-state index is 0.0970. The Morgan fingerprint density at radius 3 is 2.40 bits per heavy atom. The number of carbonyl (C=O) groups is 1. The summed E-state index contributed by atoms with van der Waals surface area (Å²) in [6.45, 7) is 10.9. The number of aryl methyl sites for hydroxylation is 1. The number of anilines is 2. The van der Waals surface area contributed by atoms with Gasteiger partial charge in [0, 0.05) is 11.4 Å². The number of rotatable bonds is 7. The van der Waals surface area contributed by atoms with Gasteiger partial charge in [0.05, 0.1) is 12.7 Å². The number of amides is 1. The van der Waals surface area contributed by atoms with Gasteiger partial charge in [0.1, 0.15) is 19.0 Å². The van der Waals surface area contributed by atoms with Gasteiger partial charge in [-0.1, -0.05) is 68.8 Å². The van der Waals surface area contributed by atoms with Crippen LogP contribution in [-0.4, -0.2) is 27.8 Å². The Morgan fingerprint density at radius 2 is 1.73 bits per heavy atom. The third kappa shape index (κ3) is 5.57. The van der Waals surface area contributed by atoms with Crippen LogP contribution < -0.4 is 20.1 Å². The Kier molecular flexibility index (Phi) is 7.34. The van der Waals surface area contributed by atoms with Crippen LogP contribution in [0.25, 0.3) is 0 Å². The van der Waals surface area contributed by atoms with Gasteiger partial charge in [-0.15, -0.1) is 0 Å². The number of allylic oxidation sites excluding steroid dienone is 1. The lowest BCUT2D eigenvalue weighted by atomic mass is 9.87. The molecule has 8 heteroatoms. The van der Waals surface area contributed by atoms with E-state index in [0.29, 0.717) is 35.3 Å². The largest absolute Gasteiger partial charge is 0.493 e. The molecule has 1 aromatic heterocycles. The normalized spacial score (nSPS) is 14.8. The zero-order valence-corrected chi connectivity index (χ0v) is 23.8. The summed E-state index contributed by atoms with van der Waals surface area (Å²) in [5.41, 5.74) is 6.34. The van der Waals surface area contributed by atoms with Gasteiger partial charge in [-0.05, 0) is 60.2 Å². The van der Waals surface area contributed by atoms with Crippen LogP contribution in [0, 0.1) is 6.92 Å². The quantitative estimate of drug-likeness (QED) is 0.284. The zero-order chi connectivity index (χ0) is 28.4. The summed E-state index contributed by atoms with van der Waals surface area (Å²) < 4.78 is 13.6.